The van der Waals surface area contributed by atoms with Gasteiger partial charge in [0.25, 0.3) is 5.91 Å². The molecule has 0 saturated heterocycles. The third-order valence-corrected chi connectivity index (χ3v) is 4.20. The summed E-state index contributed by atoms with van der Waals surface area (Å²) in [5.41, 5.74) is 8.12. The van der Waals surface area contributed by atoms with Crippen molar-refractivity contribution < 1.29 is 9.21 Å². The Morgan fingerprint density at radius 3 is 2.90 bits per heavy atom. The predicted molar refractivity (Wildman–Crippen MR) is 80.8 cm³/mol. The largest absolute Gasteiger partial charge is 0.455 e. The highest BCUT2D eigenvalue weighted by Crippen LogP contribution is 2.34. The normalized spacial score (nSPS) is 17.3. The second-order valence-corrected chi connectivity index (χ2v) is 5.49. The number of furan rings is 1. The van der Waals surface area contributed by atoms with Gasteiger partial charge in [-0.05, 0) is 42.5 Å². The predicted octanol–water partition coefficient (Wildman–Crippen LogP) is 2.89. The van der Waals surface area contributed by atoms with Gasteiger partial charge in [-0.2, -0.15) is 0 Å². The Morgan fingerprint density at radius 1 is 1.33 bits per heavy atom. The Balaban J connectivity index is 1.85. The van der Waals surface area contributed by atoms with E-state index in [0.29, 0.717) is 18.1 Å². The van der Waals surface area contributed by atoms with Crippen molar-refractivity contribution in [2.24, 2.45) is 5.73 Å². The second-order valence-electron chi connectivity index (χ2n) is 5.49. The summed E-state index contributed by atoms with van der Waals surface area (Å²) in [7, 11) is 1.85. The van der Waals surface area contributed by atoms with Crippen molar-refractivity contribution in [3.63, 3.8) is 0 Å². The number of benzene rings is 1. The lowest BCUT2D eigenvalue weighted by Crippen LogP contribution is -2.33. The van der Waals surface area contributed by atoms with Crippen LogP contribution in [0.1, 0.15) is 46.3 Å². The molecule has 0 radical (unpaired) electrons. The molecular formula is C17H20N2O2. The van der Waals surface area contributed by atoms with Crippen molar-refractivity contribution >= 4 is 5.91 Å². The van der Waals surface area contributed by atoms with E-state index >= 15 is 0 Å². The molecule has 1 aromatic carbocycles. The molecule has 3 rings (SSSR count). The van der Waals surface area contributed by atoms with Crippen LogP contribution in [0.3, 0.4) is 0 Å². The third-order valence-electron chi connectivity index (χ3n) is 4.20. The molecule has 1 aromatic heterocycles. The number of rotatable bonds is 3. The number of nitrogens with two attached hydrogens (primary N) is 1. The molecule has 21 heavy (non-hydrogen) atoms. The van der Waals surface area contributed by atoms with Gasteiger partial charge >= 0.3 is 0 Å². The van der Waals surface area contributed by atoms with E-state index in [1.807, 2.05) is 13.1 Å². The summed E-state index contributed by atoms with van der Waals surface area (Å²) in [6, 6.07) is 12.0. The van der Waals surface area contributed by atoms with E-state index in [2.05, 4.69) is 18.2 Å². The van der Waals surface area contributed by atoms with Crippen LogP contribution < -0.4 is 5.73 Å². The van der Waals surface area contributed by atoms with E-state index in [4.69, 9.17) is 10.2 Å². The van der Waals surface area contributed by atoms with Crippen molar-refractivity contribution in [3.8, 4) is 0 Å². The van der Waals surface area contributed by atoms with Gasteiger partial charge in [0.15, 0.2) is 5.76 Å². The summed E-state index contributed by atoms with van der Waals surface area (Å²) in [4.78, 5) is 14.4. The van der Waals surface area contributed by atoms with Crippen LogP contribution >= 0.6 is 0 Å². The maximum Gasteiger partial charge on any atom is 0.289 e. The average Bonchev–Trinajstić information content (AvgIpc) is 3.02. The number of carbonyl (C=O) groups is 1. The third kappa shape index (κ3) is 2.59. The van der Waals surface area contributed by atoms with Crippen LogP contribution in [0.25, 0.3) is 0 Å². The van der Waals surface area contributed by atoms with Gasteiger partial charge in [0.05, 0.1) is 12.6 Å². The molecule has 0 bridgehead atoms. The topological polar surface area (TPSA) is 59.5 Å². The number of nitrogens with zero attached hydrogens (tertiary/aromatic N) is 1. The maximum atomic E-state index is 12.6. The number of hydrogen-bond acceptors (Lipinski definition) is 3. The highest BCUT2D eigenvalue weighted by atomic mass is 16.4. The quantitative estimate of drug-likeness (QED) is 0.942. The lowest BCUT2D eigenvalue weighted by atomic mass is 9.87. The molecule has 0 spiro atoms. The molecule has 4 nitrogen and oxygen atoms in total. The van der Waals surface area contributed by atoms with E-state index in [1.54, 1.807) is 17.0 Å². The fourth-order valence-electron chi connectivity index (χ4n) is 3.05. The molecule has 0 fully saturated rings. The van der Waals surface area contributed by atoms with E-state index < -0.39 is 0 Å². The Hall–Kier alpha value is -2.07. The van der Waals surface area contributed by atoms with Crippen LogP contribution in [0.5, 0.6) is 0 Å². The van der Waals surface area contributed by atoms with Crippen LogP contribution in [-0.4, -0.2) is 17.9 Å². The maximum absolute atomic E-state index is 12.6. The smallest absolute Gasteiger partial charge is 0.289 e. The van der Waals surface area contributed by atoms with Crippen molar-refractivity contribution in [3.05, 3.63) is 59.0 Å². The van der Waals surface area contributed by atoms with Crippen LogP contribution in [0.4, 0.5) is 0 Å². The summed E-state index contributed by atoms with van der Waals surface area (Å²) >= 11 is 0. The Morgan fingerprint density at radius 2 is 2.14 bits per heavy atom. The van der Waals surface area contributed by atoms with E-state index in [9.17, 15) is 4.79 Å². The first-order valence-electron chi connectivity index (χ1n) is 7.34. The number of amides is 1. The summed E-state index contributed by atoms with van der Waals surface area (Å²) in [6.07, 6.45) is 3.18. The van der Waals surface area contributed by atoms with Crippen LogP contribution in [-0.2, 0) is 13.0 Å². The van der Waals surface area contributed by atoms with Crippen LogP contribution in [0.2, 0.25) is 0 Å². The van der Waals surface area contributed by atoms with Crippen molar-refractivity contribution in [2.45, 2.75) is 31.8 Å². The highest BCUT2D eigenvalue weighted by Gasteiger charge is 2.28. The molecule has 1 amide bonds. The average molecular weight is 284 g/mol. The number of fused-ring (bicyclic) bond motifs is 1. The summed E-state index contributed by atoms with van der Waals surface area (Å²) in [6.45, 7) is 0.309. The van der Waals surface area contributed by atoms with E-state index in [0.717, 1.165) is 19.3 Å². The molecule has 1 unspecified atom stereocenters. The summed E-state index contributed by atoms with van der Waals surface area (Å²) < 4.78 is 5.48. The second kappa shape index (κ2) is 5.74. The summed E-state index contributed by atoms with van der Waals surface area (Å²) in [5, 5.41) is 0. The van der Waals surface area contributed by atoms with Gasteiger partial charge in [0, 0.05) is 7.05 Å². The first-order valence-corrected chi connectivity index (χ1v) is 7.34. The van der Waals surface area contributed by atoms with E-state index in [-0.39, 0.29) is 11.9 Å². The molecule has 2 N–H and O–H groups in total. The first-order chi connectivity index (χ1) is 10.2. The molecule has 1 heterocycles. The standard InChI is InChI=1S/C17H20N2O2/c1-19(17(20)16-10-9-13(11-18)21-16)15-8-4-6-12-5-2-3-7-14(12)15/h2-3,5,7,9-10,15H,4,6,8,11,18H2,1H3. The Bertz CT molecular complexity index is 648. The Labute approximate surface area is 124 Å². The minimum Gasteiger partial charge on any atom is -0.455 e. The first kappa shape index (κ1) is 13.9. The fraction of sp³-hybridized carbons (Fsp3) is 0.353. The van der Waals surface area contributed by atoms with Gasteiger partial charge in [-0.3, -0.25) is 4.79 Å². The number of aryl methyl sites for hydroxylation is 1. The zero-order chi connectivity index (χ0) is 14.8. The zero-order valence-corrected chi connectivity index (χ0v) is 12.2. The summed E-state index contributed by atoms with van der Waals surface area (Å²) in [5.74, 6) is 0.910. The molecule has 110 valence electrons. The van der Waals surface area contributed by atoms with Crippen molar-refractivity contribution in [2.75, 3.05) is 7.05 Å². The molecule has 0 saturated carbocycles. The van der Waals surface area contributed by atoms with Gasteiger partial charge in [-0.25, -0.2) is 0 Å². The SMILES string of the molecule is CN(C(=O)c1ccc(CN)o1)C1CCCc2ccccc21. The van der Waals surface area contributed by atoms with Crippen LogP contribution in [0.15, 0.2) is 40.8 Å². The van der Waals surface area contributed by atoms with Crippen molar-refractivity contribution in [1.82, 2.24) is 4.90 Å². The van der Waals surface area contributed by atoms with Gasteiger partial charge in [0.1, 0.15) is 5.76 Å². The zero-order valence-electron chi connectivity index (χ0n) is 12.2. The lowest BCUT2D eigenvalue weighted by Gasteiger charge is -2.32. The molecule has 0 aliphatic heterocycles. The molecular weight excluding hydrogens is 264 g/mol. The minimum atomic E-state index is -0.0867. The Kier molecular flexibility index (Phi) is 3.80. The molecule has 2 aromatic rings. The number of carbonyl (C=O) groups excluding carboxylic acids is 1. The van der Waals surface area contributed by atoms with Gasteiger partial charge in [-0.15, -0.1) is 0 Å². The molecule has 4 heteroatoms. The van der Waals surface area contributed by atoms with E-state index in [1.165, 1.54) is 11.1 Å². The molecule has 1 aliphatic carbocycles. The molecule has 1 aliphatic rings. The van der Waals surface area contributed by atoms with Gasteiger partial charge < -0.3 is 15.1 Å². The van der Waals surface area contributed by atoms with Gasteiger partial charge in [-0.1, -0.05) is 24.3 Å². The van der Waals surface area contributed by atoms with Crippen molar-refractivity contribution in [1.29, 1.82) is 0 Å². The monoisotopic (exact) mass is 284 g/mol. The lowest BCUT2D eigenvalue weighted by molar-refractivity contribution is 0.0681. The fourth-order valence-corrected chi connectivity index (χ4v) is 3.05. The van der Waals surface area contributed by atoms with Gasteiger partial charge in [0.2, 0.25) is 0 Å². The minimum absolute atomic E-state index is 0.0867. The van der Waals surface area contributed by atoms with Crippen LogP contribution in [0, 0.1) is 0 Å². The highest BCUT2D eigenvalue weighted by molar-refractivity contribution is 5.91. The number of hydrogen-bond donors (Lipinski definition) is 1. The molecule has 1 atom stereocenters.